The lowest BCUT2D eigenvalue weighted by Gasteiger charge is -2.10. The van der Waals surface area contributed by atoms with Crippen molar-refractivity contribution >= 4 is 39.7 Å². The second-order valence-electron chi connectivity index (χ2n) is 4.38. The molecule has 0 saturated heterocycles. The minimum atomic E-state index is -4.63. The molecule has 2 aromatic heterocycles. The van der Waals surface area contributed by atoms with Crippen molar-refractivity contribution in [1.82, 2.24) is 14.5 Å². The van der Waals surface area contributed by atoms with Crippen molar-refractivity contribution in [2.75, 3.05) is 0 Å². The maximum Gasteiger partial charge on any atom is 0.449 e. The van der Waals surface area contributed by atoms with Crippen LogP contribution >= 0.6 is 22.9 Å². The minimum absolute atomic E-state index is 0.0299. The molecule has 0 aliphatic rings. The molecule has 3 rings (SSSR count). The van der Waals surface area contributed by atoms with E-state index in [0.717, 1.165) is 4.57 Å². The van der Waals surface area contributed by atoms with Crippen LogP contribution < -0.4 is 0 Å². The van der Waals surface area contributed by atoms with Crippen molar-refractivity contribution in [2.45, 2.75) is 12.7 Å². The van der Waals surface area contributed by atoms with Crippen LogP contribution in [0.2, 0.25) is 5.02 Å². The molecule has 0 atom stereocenters. The Balaban J connectivity index is 2.27. The fourth-order valence-corrected chi connectivity index (χ4v) is 2.88. The summed E-state index contributed by atoms with van der Waals surface area (Å²) in [7, 11) is 0. The van der Waals surface area contributed by atoms with E-state index in [4.69, 9.17) is 18.2 Å². The van der Waals surface area contributed by atoms with E-state index >= 15 is 0 Å². The van der Waals surface area contributed by atoms with Crippen LogP contribution in [0.5, 0.6) is 0 Å². The Labute approximate surface area is 131 Å². The predicted molar refractivity (Wildman–Crippen MR) is 77.2 cm³/mol. The SMILES string of the molecule is [C-]#[N+]c1ccc2c(nc(C(F)(F)F)n2Cc2cscn2)c1Cl. The molecule has 0 spiro atoms. The number of fused-ring (bicyclic) bond motifs is 1. The Morgan fingerprint density at radius 3 is 2.73 bits per heavy atom. The van der Waals surface area contributed by atoms with Gasteiger partial charge in [-0.1, -0.05) is 17.7 Å². The summed E-state index contributed by atoms with van der Waals surface area (Å²) >= 11 is 7.29. The topological polar surface area (TPSA) is 35.1 Å². The zero-order valence-electron chi connectivity index (χ0n) is 10.7. The fraction of sp³-hybridized carbons (Fsp3) is 0.154. The molecule has 112 valence electrons. The van der Waals surface area contributed by atoms with E-state index in [2.05, 4.69) is 14.8 Å². The van der Waals surface area contributed by atoms with E-state index in [9.17, 15) is 13.2 Å². The van der Waals surface area contributed by atoms with Crippen molar-refractivity contribution in [3.8, 4) is 0 Å². The third kappa shape index (κ3) is 2.42. The summed E-state index contributed by atoms with van der Waals surface area (Å²) in [5, 5.41) is 1.59. The molecule has 0 saturated carbocycles. The van der Waals surface area contributed by atoms with Gasteiger partial charge in [-0.05, 0) is 6.07 Å². The predicted octanol–water partition coefficient (Wildman–Crippen LogP) is 4.76. The summed E-state index contributed by atoms with van der Waals surface area (Å²) in [5.74, 6) is -1.06. The molecular weight excluding hydrogens is 337 g/mol. The number of rotatable bonds is 2. The zero-order chi connectivity index (χ0) is 15.9. The largest absolute Gasteiger partial charge is 0.449 e. The van der Waals surface area contributed by atoms with E-state index < -0.39 is 12.0 Å². The summed E-state index contributed by atoms with van der Waals surface area (Å²) in [5.41, 5.74) is 2.31. The van der Waals surface area contributed by atoms with Gasteiger partial charge in [-0.3, -0.25) is 0 Å². The second kappa shape index (κ2) is 5.26. The summed E-state index contributed by atoms with van der Waals surface area (Å²) in [6.45, 7) is 6.91. The second-order valence-corrected chi connectivity index (χ2v) is 5.47. The van der Waals surface area contributed by atoms with Crippen LogP contribution in [0.1, 0.15) is 11.5 Å². The molecule has 0 aliphatic heterocycles. The van der Waals surface area contributed by atoms with Crippen molar-refractivity contribution < 1.29 is 13.2 Å². The van der Waals surface area contributed by atoms with E-state index in [1.54, 1.807) is 10.9 Å². The maximum absolute atomic E-state index is 13.2. The number of nitrogens with zero attached hydrogens (tertiary/aromatic N) is 4. The first-order valence-electron chi connectivity index (χ1n) is 5.92. The quantitative estimate of drug-likeness (QED) is 0.629. The summed E-state index contributed by atoms with van der Waals surface area (Å²) in [6, 6.07) is 2.81. The van der Waals surface area contributed by atoms with Crippen LogP contribution in [0.25, 0.3) is 15.9 Å². The lowest BCUT2D eigenvalue weighted by atomic mass is 10.2. The lowest BCUT2D eigenvalue weighted by Crippen LogP contribution is -2.15. The highest BCUT2D eigenvalue weighted by molar-refractivity contribution is 7.07. The van der Waals surface area contributed by atoms with Crippen LogP contribution in [0.3, 0.4) is 0 Å². The number of alkyl halides is 3. The Kier molecular flexibility index (Phi) is 3.54. The molecule has 9 heteroatoms. The van der Waals surface area contributed by atoms with Crippen molar-refractivity contribution in [1.29, 1.82) is 0 Å². The third-order valence-corrected chi connectivity index (χ3v) is 4.02. The van der Waals surface area contributed by atoms with Gasteiger partial charge in [-0.25, -0.2) is 14.8 Å². The number of hydrogen-bond donors (Lipinski definition) is 0. The monoisotopic (exact) mass is 342 g/mol. The average molecular weight is 343 g/mol. The van der Waals surface area contributed by atoms with Gasteiger partial charge in [0.15, 0.2) is 0 Å². The molecule has 0 unspecified atom stereocenters. The first kappa shape index (κ1) is 14.8. The normalized spacial score (nSPS) is 11.8. The Morgan fingerprint density at radius 2 is 2.14 bits per heavy atom. The lowest BCUT2D eigenvalue weighted by molar-refractivity contribution is -0.146. The first-order valence-corrected chi connectivity index (χ1v) is 7.24. The highest BCUT2D eigenvalue weighted by Gasteiger charge is 2.38. The van der Waals surface area contributed by atoms with Gasteiger partial charge in [-0.15, -0.1) is 11.3 Å². The van der Waals surface area contributed by atoms with E-state index in [-0.39, 0.29) is 28.3 Å². The van der Waals surface area contributed by atoms with Gasteiger partial charge in [0, 0.05) is 5.38 Å². The van der Waals surface area contributed by atoms with Crippen LogP contribution in [-0.2, 0) is 12.7 Å². The van der Waals surface area contributed by atoms with Crippen LogP contribution in [0.4, 0.5) is 18.9 Å². The highest BCUT2D eigenvalue weighted by Crippen LogP contribution is 2.37. The number of benzene rings is 1. The number of aromatic nitrogens is 3. The molecule has 22 heavy (non-hydrogen) atoms. The van der Waals surface area contributed by atoms with E-state index in [1.807, 2.05) is 0 Å². The summed E-state index contributed by atoms with van der Waals surface area (Å²) in [4.78, 5) is 10.8. The van der Waals surface area contributed by atoms with Crippen LogP contribution in [-0.4, -0.2) is 14.5 Å². The molecule has 0 aliphatic carbocycles. The molecule has 2 heterocycles. The van der Waals surface area contributed by atoms with Gasteiger partial charge in [-0.2, -0.15) is 13.2 Å². The van der Waals surface area contributed by atoms with Crippen molar-refractivity contribution in [3.05, 3.63) is 51.0 Å². The Bertz CT molecular complexity index is 877. The van der Waals surface area contributed by atoms with Gasteiger partial charge < -0.3 is 4.57 Å². The number of thiazole rings is 1. The standard InChI is InChI=1S/C13H6ClF3N4S/c1-18-8-2-3-9-11(10(8)14)20-12(13(15,16)17)21(9)4-7-5-22-6-19-7/h2-3,5-6H,4H2. The van der Waals surface area contributed by atoms with Gasteiger partial charge >= 0.3 is 6.18 Å². The number of hydrogen-bond acceptors (Lipinski definition) is 3. The van der Waals surface area contributed by atoms with Gasteiger partial charge in [0.2, 0.25) is 11.5 Å². The Morgan fingerprint density at radius 1 is 1.36 bits per heavy atom. The zero-order valence-corrected chi connectivity index (χ0v) is 12.3. The van der Waals surface area contributed by atoms with E-state index in [1.165, 1.54) is 23.5 Å². The fourth-order valence-electron chi connectivity index (χ4n) is 2.09. The number of halogens is 4. The third-order valence-electron chi connectivity index (χ3n) is 3.02. The van der Waals surface area contributed by atoms with Crippen LogP contribution in [0.15, 0.2) is 23.0 Å². The van der Waals surface area contributed by atoms with Gasteiger partial charge in [0.05, 0.1) is 40.4 Å². The molecule has 0 bridgehead atoms. The summed E-state index contributed by atoms with van der Waals surface area (Å²) < 4.78 is 40.7. The van der Waals surface area contributed by atoms with Gasteiger partial charge in [0.1, 0.15) is 0 Å². The average Bonchev–Trinajstić information content (AvgIpc) is 3.08. The molecule has 1 aromatic carbocycles. The molecule has 4 nitrogen and oxygen atoms in total. The molecule has 0 radical (unpaired) electrons. The molecule has 0 fully saturated rings. The Hall–Kier alpha value is -2.11. The molecule has 3 aromatic rings. The van der Waals surface area contributed by atoms with Gasteiger partial charge in [0.25, 0.3) is 0 Å². The van der Waals surface area contributed by atoms with Crippen molar-refractivity contribution in [2.24, 2.45) is 0 Å². The van der Waals surface area contributed by atoms with E-state index in [0.29, 0.717) is 5.69 Å². The molecular formula is C13H6ClF3N4S. The van der Waals surface area contributed by atoms with Crippen LogP contribution in [0, 0.1) is 6.57 Å². The highest BCUT2D eigenvalue weighted by atomic mass is 35.5. The maximum atomic E-state index is 13.2. The number of imidazole rings is 1. The molecule has 0 amide bonds. The summed E-state index contributed by atoms with van der Waals surface area (Å²) in [6.07, 6.45) is -4.63. The molecule has 0 N–H and O–H groups in total. The smallest absolute Gasteiger partial charge is 0.314 e. The van der Waals surface area contributed by atoms with Crippen molar-refractivity contribution in [3.63, 3.8) is 0 Å². The minimum Gasteiger partial charge on any atom is -0.314 e. The first-order chi connectivity index (χ1) is 10.4.